The van der Waals surface area contributed by atoms with Crippen molar-refractivity contribution in [1.82, 2.24) is 10.6 Å². The molecule has 7 heteroatoms. The summed E-state index contributed by atoms with van der Waals surface area (Å²) in [4.78, 5) is 23.7. The van der Waals surface area contributed by atoms with Gasteiger partial charge < -0.3 is 21.3 Å². The van der Waals surface area contributed by atoms with Crippen molar-refractivity contribution in [3.63, 3.8) is 0 Å². The lowest BCUT2D eigenvalue weighted by Gasteiger charge is -2.21. The number of piperidine rings is 1. The zero-order valence-corrected chi connectivity index (χ0v) is 14.3. The Labute approximate surface area is 143 Å². The van der Waals surface area contributed by atoms with Gasteiger partial charge in [0.1, 0.15) is 0 Å². The second kappa shape index (κ2) is 9.37. The van der Waals surface area contributed by atoms with Crippen molar-refractivity contribution >= 4 is 35.7 Å². The van der Waals surface area contributed by atoms with E-state index in [9.17, 15) is 9.59 Å². The number of carbonyl (C=O) groups excluding carboxylic acids is 2. The highest BCUT2D eigenvalue weighted by atomic mass is 35.5. The van der Waals surface area contributed by atoms with Crippen LogP contribution in [0.5, 0.6) is 0 Å². The van der Waals surface area contributed by atoms with Gasteiger partial charge in [0.15, 0.2) is 0 Å². The number of benzene rings is 1. The SMILES string of the molecule is CC(C)NC(=O)Nc1ccc(NC(=O)C2CCCNC2)cc1.Cl. The Balaban J connectivity index is 0.00000264. The molecule has 1 atom stereocenters. The number of hydrogen-bond acceptors (Lipinski definition) is 3. The summed E-state index contributed by atoms with van der Waals surface area (Å²) in [5.41, 5.74) is 1.43. The Morgan fingerprint density at radius 1 is 1.13 bits per heavy atom. The predicted octanol–water partition coefficient (Wildman–Crippen LogP) is 2.58. The maximum atomic E-state index is 12.1. The lowest BCUT2D eigenvalue weighted by atomic mass is 9.99. The fourth-order valence-corrected chi connectivity index (χ4v) is 2.39. The molecule has 0 aliphatic carbocycles. The molecule has 1 fully saturated rings. The third-order valence-electron chi connectivity index (χ3n) is 3.50. The Morgan fingerprint density at radius 3 is 2.26 bits per heavy atom. The average Bonchev–Trinajstić information content (AvgIpc) is 2.49. The lowest BCUT2D eigenvalue weighted by Crippen LogP contribution is -2.37. The summed E-state index contributed by atoms with van der Waals surface area (Å²) >= 11 is 0. The van der Waals surface area contributed by atoms with Crippen molar-refractivity contribution in [2.24, 2.45) is 5.92 Å². The highest BCUT2D eigenvalue weighted by molar-refractivity contribution is 5.93. The first kappa shape index (κ1) is 19.3. The molecular formula is C16H25ClN4O2. The van der Waals surface area contributed by atoms with E-state index in [2.05, 4.69) is 21.3 Å². The molecule has 1 aliphatic heterocycles. The molecule has 0 bridgehead atoms. The van der Waals surface area contributed by atoms with Gasteiger partial charge in [-0.3, -0.25) is 4.79 Å². The molecule has 3 amide bonds. The van der Waals surface area contributed by atoms with Crippen molar-refractivity contribution in [1.29, 1.82) is 0 Å². The molecule has 1 unspecified atom stereocenters. The molecular weight excluding hydrogens is 316 g/mol. The Kier molecular flexibility index (Phi) is 7.85. The molecule has 1 aliphatic rings. The van der Waals surface area contributed by atoms with Crippen LogP contribution in [0.25, 0.3) is 0 Å². The number of hydrogen-bond donors (Lipinski definition) is 4. The highest BCUT2D eigenvalue weighted by Crippen LogP contribution is 2.16. The summed E-state index contributed by atoms with van der Waals surface area (Å²) < 4.78 is 0. The van der Waals surface area contributed by atoms with E-state index in [0.29, 0.717) is 5.69 Å². The smallest absolute Gasteiger partial charge is 0.319 e. The first-order chi connectivity index (χ1) is 10.5. The zero-order valence-electron chi connectivity index (χ0n) is 13.5. The Hall–Kier alpha value is -1.79. The van der Waals surface area contributed by atoms with Gasteiger partial charge in [-0.05, 0) is 57.5 Å². The molecule has 0 aromatic heterocycles. The molecule has 1 aromatic rings. The molecule has 1 heterocycles. The predicted molar refractivity (Wildman–Crippen MR) is 95.2 cm³/mol. The summed E-state index contributed by atoms with van der Waals surface area (Å²) in [7, 11) is 0. The van der Waals surface area contributed by atoms with Gasteiger partial charge in [0.25, 0.3) is 0 Å². The summed E-state index contributed by atoms with van der Waals surface area (Å²) in [6.07, 6.45) is 1.96. The van der Waals surface area contributed by atoms with E-state index in [0.717, 1.165) is 31.6 Å². The minimum atomic E-state index is -0.236. The number of anilines is 2. The fourth-order valence-electron chi connectivity index (χ4n) is 2.39. The number of halogens is 1. The second-order valence-electron chi connectivity index (χ2n) is 5.86. The van der Waals surface area contributed by atoms with E-state index >= 15 is 0 Å². The van der Waals surface area contributed by atoms with Gasteiger partial charge >= 0.3 is 6.03 Å². The van der Waals surface area contributed by atoms with Crippen molar-refractivity contribution in [2.75, 3.05) is 23.7 Å². The molecule has 128 valence electrons. The summed E-state index contributed by atoms with van der Waals surface area (Å²) in [5.74, 6) is 0.0776. The van der Waals surface area contributed by atoms with Gasteiger partial charge in [-0.15, -0.1) is 12.4 Å². The third-order valence-corrected chi connectivity index (χ3v) is 3.50. The number of amides is 3. The minimum absolute atomic E-state index is 0. The first-order valence-electron chi connectivity index (χ1n) is 7.74. The lowest BCUT2D eigenvalue weighted by molar-refractivity contribution is -0.120. The largest absolute Gasteiger partial charge is 0.336 e. The monoisotopic (exact) mass is 340 g/mol. The van der Waals surface area contributed by atoms with Crippen LogP contribution < -0.4 is 21.3 Å². The molecule has 1 aromatic carbocycles. The van der Waals surface area contributed by atoms with E-state index in [-0.39, 0.29) is 36.3 Å². The fraction of sp³-hybridized carbons (Fsp3) is 0.500. The minimum Gasteiger partial charge on any atom is -0.336 e. The number of nitrogens with one attached hydrogen (secondary N) is 4. The number of urea groups is 1. The van der Waals surface area contributed by atoms with Crippen molar-refractivity contribution < 1.29 is 9.59 Å². The van der Waals surface area contributed by atoms with E-state index in [4.69, 9.17) is 0 Å². The highest BCUT2D eigenvalue weighted by Gasteiger charge is 2.20. The van der Waals surface area contributed by atoms with Crippen LogP contribution in [0.4, 0.5) is 16.2 Å². The van der Waals surface area contributed by atoms with E-state index in [1.54, 1.807) is 24.3 Å². The maximum absolute atomic E-state index is 12.1. The molecule has 0 radical (unpaired) electrons. The molecule has 6 nitrogen and oxygen atoms in total. The van der Waals surface area contributed by atoms with Gasteiger partial charge in [0.05, 0.1) is 5.92 Å². The molecule has 1 saturated heterocycles. The summed E-state index contributed by atoms with van der Waals surface area (Å²) in [5, 5.41) is 11.6. The van der Waals surface area contributed by atoms with Crippen LogP contribution >= 0.6 is 12.4 Å². The van der Waals surface area contributed by atoms with Gasteiger partial charge in [0, 0.05) is 24.0 Å². The summed E-state index contributed by atoms with van der Waals surface area (Å²) in [6, 6.07) is 6.98. The van der Waals surface area contributed by atoms with Crippen molar-refractivity contribution in [3.8, 4) is 0 Å². The van der Waals surface area contributed by atoms with Crippen LogP contribution in [0.3, 0.4) is 0 Å². The van der Waals surface area contributed by atoms with Gasteiger partial charge in [-0.25, -0.2) is 4.79 Å². The molecule has 0 saturated carbocycles. The van der Waals surface area contributed by atoms with Crippen LogP contribution in [0.2, 0.25) is 0 Å². The normalized spacial score (nSPS) is 17.1. The quantitative estimate of drug-likeness (QED) is 0.680. The van der Waals surface area contributed by atoms with Crippen LogP contribution in [0, 0.1) is 5.92 Å². The Bertz CT molecular complexity index is 513. The van der Waals surface area contributed by atoms with Crippen LogP contribution in [0.1, 0.15) is 26.7 Å². The molecule has 4 N–H and O–H groups in total. The zero-order chi connectivity index (χ0) is 15.9. The van der Waals surface area contributed by atoms with Crippen molar-refractivity contribution in [2.45, 2.75) is 32.7 Å². The molecule has 0 spiro atoms. The van der Waals surface area contributed by atoms with Crippen LogP contribution in [-0.4, -0.2) is 31.1 Å². The van der Waals surface area contributed by atoms with Gasteiger partial charge in [-0.1, -0.05) is 0 Å². The van der Waals surface area contributed by atoms with Crippen molar-refractivity contribution in [3.05, 3.63) is 24.3 Å². The maximum Gasteiger partial charge on any atom is 0.319 e. The molecule has 2 rings (SSSR count). The van der Waals surface area contributed by atoms with E-state index in [1.807, 2.05) is 13.8 Å². The first-order valence-corrected chi connectivity index (χ1v) is 7.74. The van der Waals surface area contributed by atoms with Gasteiger partial charge in [0.2, 0.25) is 5.91 Å². The van der Waals surface area contributed by atoms with Crippen LogP contribution in [-0.2, 0) is 4.79 Å². The van der Waals surface area contributed by atoms with Crippen LogP contribution in [0.15, 0.2) is 24.3 Å². The van der Waals surface area contributed by atoms with Gasteiger partial charge in [-0.2, -0.15) is 0 Å². The average molecular weight is 341 g/mol. The second-order valence-corrected chi connectivity index (χ2v) is 5.86. The van der Waals surface area contributed by atoms with E-state index < -0.39 is 0 Å². The number of rotatable bonds is 4. The summed E-state index contributed by atoms with van der Waals surface area (Å²) in [6.45, 7) is 5.53. The number of carbonyl (C=O) groups is 2. The Morgan fingerprint density at radius 2 is 1.74 bits per heavy atom. The topological polar surface area (TPSA) is 82.3 Å². The standard InChI is InChI=1S/C16H24N4O2.ClH/c1-11(2)18-16(22)20-14-7-5-13(6-8-14)19-15(21)12-4-3-9-17-10-12;/h5-8,11-12,17H,3-4,9-10H2,1-2H3,(H,19,21)(H2,18,20,22);1H. The molecule has 23 heavy (non-hydrogen) atoms. The van der Waals surface area contributed by atoms with E-state index in [1.165, 1.54) is 0 Å². The third kappa shape index (κ3) is 6.46.